The van der Waals surface area contributed by atoms with Crippen LogP contribution in [0.1, 0.15) is 38.1 Å². The largest absolute Gasteiger partial charge is 0.460 e. The molecule has 0 fully saturated rings. The first-order chi connectivity index (χ1) is 12.2. The Morgan fingerprint density at radius 1 is 1.08 bits per heavy atom. The highest BCUT2D eigenvalue weighted by Crippen LogP contribution is 2.19. The van der Waals surface area contributed by atoms with Crippen LogP contribution in [0.5, 0.6) is 0 Å². The summed E-state index contributed by atoms with van der Waals surface area (Å²) in [5.74, 6) is -0.540. The van der Waals surface area contributed by atoms with E-state index >= 15 is 0 Å². The number of benzene rings is 1. The fourth-order valence-electron chi connectivity index (χ4n) is 2.13. The minimum absolute atomic E-state index is 0.107. The summed E-state index contributed by atoms with van der Waals surface area (Å²) in [5, 5.41) is 0. The molecule has 1 rings (SSSR count). The predicted molar refractivity (Wildman–Crippen MR) is 97.9 cm³/mol. The maximum atomic E-state index is 12.5. The van der Waals surface area contributed by atoms with Crippen molar-refractivity contribution < 1.29 is 28.5 Å². The van der Waals surface area contributed by atoms with Crippen molar-refractivity contribution in [2.24, 2.45) is 0 Å². The van der Waals surface area contributed by atoms with Gasteiger partial charge in [0.25, 0.3) is 0 Å². The Morgan fingerprint density at radius 3 is 2.31 bits per heavy atom. The highest BCUT2D eigenvalue weighted by atomic mass is 16.7. The van der Waals surface area contributed by atoms with Crippen molar-refractivity contribution in [2.45, 2.75) is 39.6 Å². The summed E-state index contributed by atoms with van der Waals surface area (Å²) < 4.78 is 21.4. The minimum Gasteiger partial charge on any atom is -0.460 e. The van der Waals surface area contributed by atoms with Crippen LogP contribution >= 0.6 is 0 Å². The molecule has 0 aliphatic carbocycles. The summed E-state index contributed by atoms with van der Waals surface area (Å²) in [6, 6.07) is 9.00. The lowest BCUT2D eigenvalue weighted by Crippen LogP contribution is -2.39. The Kier molecular flexibility index (Phi) is 9.19. The highest BCUT2D eigenvalue weighted by Gasteiger charge is 2.31. The first kappa shape index (κ1) is 22.0. The third-order valence-electron chi connectivity index (χ3n) is 3.43. The van der Waals surface area contributed by atoms with Crippen LogP contribution in [0, 0.1) is 0 Å². The molecule has 1 aromatic rings. The van der Waals surface area contributed by atoms with E-state index in [1.165, 1.54) is 0 Å². The van der Waals surface area contributed by atoms with Gasteiger partial charge in [0.05, 0.1) is 19.8 Å². The molecule has 0 saturated heterocycles. The Balaban J connectivity index is 2.23. The van der Waals surface area contributed by atoms with E-state index in [0.717, 1.165) is 0 Å². The van der Waals surface area contributed by atoms with E-state index in [0.29, 0.717) is 24.4 Å². The van der Waals surface area contributed by atoms with E-state index in [4.69, 9.17) is 18.9 Å². The third kappa shape index (κ3) is 7.91. The van der Waals surface area contributed by atoms with Crippen molar-refractivity contribution >= 4 is 11.8 Å². The molecule has 0 aliphatic rings. The number of hydrogen-bond donors (Lipinski definition) is 0. The minimum atomic E-state index is -1.00. The molecule has 0 N–H and O–H groups in total. The number of hydrogen-bond acceptors (Lipinski definition) is 6. The van der Waals surface area contributed by atoms with Gasteiger partial charge in [-0.25, -0.2) is 4.79 Å². The third-order valence-corrected chi connectivity index (χ3v) is 3.43. The quantitative estimate of drug-likeness (QED) is 0.187. The van der Waals surface area contributed by atoms with Crippen LogP contribution in [0.25, 0.3) is 0 Å². The number of ketones is 1. The van der Waals surface area contributed by atoms with E-state index in [9.17, 15) is 9.59 Å². The molecule has 0 saturated carbocycles. The van der Waals surface area contributed by atoms with Crippen LogP contribution in [-0.4, -0.2) is 50.1 Å². The fourth-order valence-corrected chi connectivity index (χ4v) is 2.13. The van der Waals surface area contributed by atoms with Gasteiger partial charge in [-0.2, -0.15) is 0 Å². The van der Waals surface area contributed by atoms with Crippen LogP contribution in [0.3, 0.4) is 0 Å². The van der Waals surface area contributed by atoms with Gasteiger partial charge < -0.3 is 18.9 Å². The molecular weight excluding hydrogens is 336 g/mol. The van der Waals surface area contributed by atoms with Crippen LogP contribution in [0.4, 0.5) is 0 Å². The molecule has 0 aromatic heterocycles. The van der Waals surface area contributed by atoms with E-state index in [1.807, 2.05) is 18.2 Å². The van der Waals surface area contributed by atoms with Gasteiger partial charge in [-0.1, -0.05) is 36.9 Å². The zero-order valence-corrected chi connectivity index (χ0v) is 15.9. The number of carbonyl (C=O) groups is 2. The second-order valence-corrected chi connectivity index (χ2v) is 6.29. The highest BCUT2D eigenvalue weighted by molar-refractivity contribution is 6.01. The second-order valence-electron chi connectivity index (χ2n) is 6.29. The number of Topliss-reactive ketones (excluding diaryl/α,β-unsaturated/α-hetero) is 1. The zero-order valence-electron chi connectivity index (χ0n) is 15.9. The summed E-state index contributed by atoms with van der Waals surface area (Å²) in [7, 11) is 0. The van der Waals surface area contributed by atoms with Crippen molar-refractivity contribution in [3.8, 4) is 0 Å². The number of rotatable bonds is 12. The van der Waals surface area contributed by atoms with E-state index in [-0.39, 0.29) is 19.0 Å². The van der Waals surface area contributed by atoms with Gasteiger partial charge >= 0.3 is 5.97 Å². The van der Waals surface area contributed by atoms with Gasteiger partial charge in [0.15, 0.2) is 12.1 Å². The molecule has 6 heteroatoms. The van der Waals surface area contributed by atoms with Crippen LogP contribution < -0.4 is 0 Å². The van der Waals surface area contributed by atoms with Gasteiger partial charge in [-0.3, -0.25) is 4.79 Å². The van der Waals surface area contributed by atoms with E-state index in [1.54, 1.807) is 39.8 Å². The maximum absolute atomic E-state index is 12.5. The monoisotopic (exact) mass is 364 g/mol. The molecule has 0 amide bonds. The topological polar surface area (TPSA) is 71.1 Å². The Bertz CT molecular complexity index is 594. The fraction of sp³-hybridized carbons (Fsp3) is 0.500. The van der Waals surface area contributed by atoms with Crippen molar-refractivity contribution in [2.75, 3.05) is 26.4 Å². The summed E-state index contributed by atoms with van der Waals surface area (Å²) in [6.07, 6.45) is -0.567. The average molecular weight is 364 g/mol. The average Bonchev–Trinajstić information content (AvgIpc) is 2.60. The summed E-state index contributed by atoms with van der Waals surface area (Å²) in [5.41, 5.74) is -0.0532. The van der Waals surface area contributed by atoms with Gasteiger partial charge in [0.1, 0.15) is 12.2 Å². The van der Waals surface area contributed by atoms with Crippen LogP contribution in [0.2, 0.25) is 0 Å². The molecule has 1 aromatic carbocycles. The van der Waals surface area contributed by atoms with E-state index < -0.39 is 17.9 Å². The zero-order chi connectivity index (χ0) is 19.6. The molecule has 1 atom stereocenters. The molecule has 0 aliphatic heterocycles. The molecule has 0 spiro atoms. The van der Waals surface area contributed by atoms with E-state index in [2.05, 4.69) is 6.58 Å². The molecule has 26 heavy (non-hydrogen) atoms. The first-order valence-electron chi connectivity index (χ1n) is 8.53. The summed E-state index contributed by atoms with van der Waals surface area (Å²) in [4.78, 5) is 23.7. The molecule has 0 radical (unpaired) electrons. The van der Waals surface area contributed by atoms with Gasteiger partial charge in [0.2, 0.25) is 0 Å². The van der Waals surface area contributed by atoms with Crippen molar-refractivity contribution in [1.29, 1.82) is 0 Å². The SMILES string of the molecule is C=C(C)C(=O)OCCOCCOC(C)OC(C)(C)C(=O)c1ccccc1. The standard InChI is InChI=1S/C20H28O6/c1-15(2)19(22)25-14-12-23-11-13-24-16(3)26-20(4,5)18(21)17-9-7-6-8-10-17/h6-10,16H,1,11-14H2,2-5H3. The van der Waals surface area contributed by atoms with Gasteiger partial charge in [-0.15, -0.1) is 0 Å². The smallest absolute Gasteiger partial charge is 0.333 e. The summed E-state index contributed by atoms with van der Waals surface area (Å²) in [6.45, 7) is 11.3. The summed E-state index contributed by atoms with van der Waals surface area (Å²) >= 11 is 0. The molecule has 144 valence electrons. The second kappa shape index (κ2) is 10.9. The van der Waals surface area contributed by atoms with Crippen molar-refractivity contribution in [3.05, 3.63) is 48.0 Å². The van der Waals surface area contributed by atoms with Crippen molar-refractivity contribution in [1.82, 2.24) is 0 Å². The number of ether oxygens (including phenoxy) is 4. The van der Waals surface area contributed by atoms with Crippen molar-refractivity contribution in [3.63, 3.8) is 0 Å². The Labute approximate surface area is 155 Å². The lowest BCUT2D eigenvalue weighted by molar-refractivity contribution is -0.180. The Hall–Kier alpha value is -2.02. The number of esters is 1. The first-order valence-corrected chi connectivity index (χ1v) is 8.53. The molecular formula is C20H28O6. The van der Waals surface area contributed by atoms with Crippen LogP contribution in [0.15, 0.2) is 42.5 Å². The Morgan fingerprint density at radius 2 is 1.69 bits per heavy atom. The molecule has 0 heterocycles. The predicted octanol–water partition coefficient (Wildman–Crippen LogP) is 3.16. The molecule has 1 unspecified atom stereocenters. The maximum Gasteiger partial charge on any atom is 0.333 e. The van der Waals surface area contributed by atoms with Gasteiger partial charge in [-0.05, 0) is 27.7 Å². The van der Waals surface area contributed by atoms with Crippen LogP contribution in [-0.2, 0) is 23.7 Å². The lowest BCUT2D eigenvalue weighted by atomic mass is 9.96. The van der Waals surface area contributed by atoms with Gasteiger partial charge in [0, 0.05) is 11.1 Å². The molecule has 6 nitrogen and oxygen atoms in total. The lowest BCUT2D eigenvalue weighted by Gasteiger charge is -2.27. The number of carbonyl (C=O) groups excluding carboxylic acids is 2. The normalized spacial score (nSPS) is 12.5. The molecule has 0 bridgehead atoms.